The molecule has 0 aliphatic carbocycles. The van der Waals surface area contributed by atoms with Crippen molar-refractivity contribution in [2.45, 2.75) is 71.0 Å². The van der Waals surface area contributed by atoms with Crippen LogP contribution in [0.25, 0.3) is 22.2 Å². The van der Waals surface area contributed by atoms with Gasteiger partial charge < -0.3 is 29.7 Å². The summed E-state index contributed by atoms with van der Waals surface area (Å²) in [6.07, 6.45) is 1.19. The van der Waals surface area contributed by atoms with Crippen LogP contribution in [0.5, 0.6) is 5.75 Å². The van der Waals surface area contributed by atoms with Gasteiger partial charge in [-0.2, -0.15) is 13.2 Å². The maximum Gasteiger partial charge on any atom is 0.430 e. The zero-order valence-electron chi connectivity index (χ0n) is 27.1. The molecule has 14 heteroatoms. The number of carboxylic acid groups (broad SMARTS) is 1. The highest BCUT2D eigenvalue weighted by Gasteiger charge is 2.29. The molecule has 0 unspecified atom stereocenters. The third-order valence-corrected chi connectivity index (χ3v) is 7.69. The number of ether oxygens (including phenoxy) is 2. The second kappa shape index (κ2) is 17.1. The number of carbonyl (C=O) groups is 4. The molecule has 0 fully saturated rings. The zero-order chi connectivity index (χ0) is 35.4. The summed E-state index contributed by atoms with van der Waals surface area (Å²) in [4.78, 5) is 56.3. The minimum Gasteiger partial charge on any atom is -0.542 e. The number of aromatic amines is 3. The van der Waals surface area contributed by atoms with Crippen molar-refractivity contribution >= 4 is 34.5 Å². The zero-order valence-corrected chi connectivity index (χ0v) is 27.1. The fourth-order valence-electron chi connectivity index (χ4n) is 5.14. The molecule has 4 rings (SSSR count). The Labute approximate surface area is 275 Å². The second-order valence-electron chi connectivity index (χ2n) is 11.0. The van der Waals surface area contributed by atoms with Gasteiger partial charge in [0.25, 0.3) is 5.82 Å². The van der Waals surface area contributed by atoms with Gasteiger partial charge in [0, 0.05) is 35.0 Å². The largest absolute Gasteiger partial charge is 0.542 e. The first-order chi connectivity index (χ1) is 22.8. The van der Waals surface area contributed by atoms with Crippen molar-refractivity contribution in [1.29, 1.82) is 0 Å². The second-order valence-corrected chi connectivity index (χ2v) is 11.0. The van der Waals surface area contributed by atoms with Gasteiger partial charge in [0.15, 0.2) is 5.69 Å². The lowest BCUT2D eigenvalue weighted by Gasteiger charge is -2.14. The molecule has 2 aromatic carbocycles. The smallest absolute Gasteiger partial charge is 0.430 e. The Hall–Kier alpha value is -5.14. The van der Waals surface area contributed by atoms with Crippen LogP contribution in [0.3, 0.4) is 0 Å². The summed E-state index contributed by atoms with van der Waals surface area (Å²) < 4.78 is 41.9. The van der Waals surface area contributed by atoms with E-state index in [0.717, 1.165) is 53.0 Å². The third-order valence-electron chi connectivity index (χ3n) is 7.69. The Morgan fingerprint density at radius 2 is 1.73 bits per heavy atom. The van der Waals surface area contributed by atoms with E-state index in [1.165, 1.54) is 7.11 Å². The van der Waals surface area contributed by atoms with Crippen LogP contribution in [-0.2, 0) is 25.5 Å². The number of fused-ring (bicyclic) bond motifs is 1. The Bertz CT molecular complexity index is 1730. The number of alkyl halides is 3. The van der Waals surface area contributed by atoms with Crippen LogP contribution in [0, 0.1) is 6.92 Å². The predicted molar refractivity (Wildman–Crippen MR) is 168 cm³/mol. The number of hydrogen-bond donors (Lipinski definition) is 3. The van der Waals surface area contributed by atoms with Crippen molar-refractivity contribution in [3.05, 3.63) is 71.3 Å². The number of rotatable bonds is 14. The number of amides is 1. The van der Waals surface area contributed by atoms with Gasteiger partial charge in [0.1, 0.15) is 29.7 Å². The lowest BCUT2D eigenvalue weighted by molar-refractivity contribution is -0.391. The summed E-state index contributed by atoms with van der Waals surface area (Å²) in [6.45, 7) is 3.85. The predicted octanol–water partition coefficient (Wildman–Crippen LogP) is 4.71. The van der Waals surface area contributed by atoms with Crippen LogP contribution in [0.4, 0.5) is 13.2 Å². The summed E-state index contributed by atoms with van der Waals surface area (Å²) in [5.41, 5.74) is 4.69. The molecule has 1 atom stereocenters. The number of Topliss-reactive ketones (excluding diaryl/α,β-unsaturated/α-hetero) is 1. The molecule has 11 nitrogen and oxygen atoms in total. The summed E-state index contributed by atoms with van der Waals surface area (Å²) in [6, 6.07) is 12.7. The van der Waals surface area contributed by atoms with Gasteiger partial charge in [-0.15, -0.1) is 0 Å². The maximum atomic E-state index is 13.4. The molecule has 0 spiro atoms. The SMILES string of the molecule is CCC(=O)CCCCC[C@H](NC(=O)Cc1c(C)[nH]c2ccc(OC)cc12)c1[nH]c(-c2ccccc2C(=O)OC)c[nH+]1.O=C([O-])C(F)(F)F. The average Bonchev–Trinajstić information content (AvgIpc) is 3.67. The molecule has 4 N–H and O–H groups in total. The number of hydrogen-bond acceptors (Lipinski definition) is 7. The van der Waals surface area contributed by atoms with E-state index in [4.69, 9.17) is 19.4 Å². The summed E-state index contributed by atoms with van der Waals surface area (Å²) in [5.74, 6) is -1.80. The van der Waals surface area contributed by atoms with Gasteiger partial charge in [-0.3, -0.25) is 9.59 Å². The first-order valence-electron chi connectivity index (χ1n) is 15.3. The van der Waals surface area contributed by atoms with Crippen LogP contribution in [0.1, 0.15) is 78.9 Å². The molecule has 48 heavy (non-hydrogen) atoms. The lowest BCUT2D eigenvalue weighted by atomic mass is 10.0. The van der Waals surface area contributed by atoms with E-state index in [1.54, 1.807) is 25.4 Å². The molecular weight excluding hydrogens is 633 g/mol. The fourth-order valence-corrected chi connectivity index (χ4v) is 5.14. The van der Waals surface area contributed by atoms with Crippen molar-refractivity contribution in [2.75, 3.05) is 14.2 Å². The van der Waals surface area contributed by atoms with Crippen LogP contribution in [-0.4, -0.2) is 54.0 Å². The molecular formula is C34H39F3N4O7. The highest BCUT2D eigenvalue weighted by Crippen LogP contribution is 2.28. The number of unbranched alkanes of at least 4 members (excludes halogenated alkanes) is 2. The summed E-state index contributed by atoms with van der Waals surface area (Å²) in [5, 5.41) is 13.0. The Balaban J connectivity index is 0.000000804. The molecule has 0 radical (unpaired) electrons. The number of aryl methyl sites for hydroxylation is 1. The topological polar surface area (TPSA) is 168 Å². The standard InChI is InChI=1S/C32H38N4O5.C2HF3O2/c1-5-21(37)11-7-6-8-14-28(31-33-19-29(36-31)23-12-9-10-13-24(23)32(39)41-4)35-30(38)18-25-20(2)34-27-16-15-22(40-3)17-26(25)27;3-2(4,5)1(6)7/h9-10,12-13,15-17,19,28,34H,5-8,11,14,18H2,1-4H3,(H,33,36)(H,35,38);(H,6,7)/t28-;/m0./s1. The van der Waals surface area contributed by atoms with E-state index in [-0.39, 0.29) is 24.2 Å². The van der Waals surface area contributed by atoms with E-state index >= 15 is 0 Å². The number of carbonyl (C=O) groups excluding carboxylic acids is 4. The number of H-pyrrole nitrogens is 3. The Morgan fingerprint density at radius 3 is 2.38 bits per heavy atom. The fraction of sp³-hybridized carbons (Fsp3) is 0.382. The van der Waals surface area contributed by atoms with Crippen molar-refractivity contribution in [3.8, 4) is 17.0 Å². The molecule has 4 aromatic rings. The van der Waals surface area contributed by atoms with Crippen molar-refractivity contribution < 1.29 is 51.9 Å². The summed E-state index contributed by atoms with van der Waals surface area (Å²) in [7, 11) is 2.98. The van der Waals surface area contributed by atoms with Crippen LogP contribution in [0.15, 0.2) is 48.7 Å². The van der Waals surface area contributed by atoms with Gasteiger partial charge >= 0.3 is 12.1 Å². The van der Waals surface area contributed by atoms with Crippen LogP contribution >= 0.6 is 0 Å². The van der Waals surface area contributed by atoms with E-state index in [0.29, 0.717) is 36.1 Å². The van der Waals surface area contributed by atoms with Gasteiger partial charge in [-0.1, -0.05) is 31.9 Å². The third kappa shape index (κ3) is 10.2. The van der Waals surface area contributed by atoms with Crippen molar-refractivity contribution in [1.82, 2.24) is 15.3 Å². The quantitative estimate of drug-likeness (QED) is 0.129. The van der Waals surface area contributed by atoms with Gasteiger partial charge in [-0.05, 0) is 55.7 Å². The van der Waals surface area contributed by atoms with Crippen LogP contribution < -0.4 is 20.1 Å². The molecule has 0 bridgehead atoms. The molecule has 2 heterocycles. The minimum atomic E-state index is -5.19. The van der Waals surface area contributed by atoms with Crippen molar-refractivity contribution in [2.24, 2.45) is 0 Å². The number of carboxylic acids is 1. The summed E-state index contributed by atoms with van der Waals surface area (Å²) >= 11 is 0. The Kier molecular flexibility index (Phi) is 13.3. The Morgan fingerprint density at radius 1 is 1.02 bits per heavy atom. The number of methoxy groups -OCH3 is 2. The molecule has 0 saturated carbocycles. The number of ketones is 1. The van der Waals surface area contributed by atoms with Crippen molar-refractivity contribution in [3.63, 3.8) is 0 Å². The molecule has 0 saturated heterocycles. The first-order valence-corrected chi connectivity index (χ1v) is 15.3. The number of aromatic nitrogens is 3. The van der Waals surface area contributed by atoms with Gasteiger partial charge in [0.2, 0.25) is 5.91 Å². The number of benzene rings is 2. The first kappa shape index (κ1) is 37.3. The average molecular weight is 673 g/mol. The molecule has 0 aliphatic heterocycles. The van der Waals surface area contributed by atoms with Gasteiger partial charge in [0.05, 0.1) is 26.2 Å². The molecule has 0 aliphatic rings. The van der Waals surface area contributed by atoms with Gasteiger partial charge in [-0.25, -0.2) is 14.8 Å². The highest BCUT2D eigenvalue weighted by atomic mass is 19.4. The molecule has 258 valence electrons. The van der Waals surface area contributed by atoms with Crippen LogP contribution in [0.2, 0.25) is 0 Å². The van der Waals surface area contributed by atoms with E-state index in [2.05, 4.69) is 20.3 Å². The number of nitrogens with one attached hydrogen (secondary N) is 4. The maximum absolute atomic E-state index is 13.4. The number of imidazole rings is 1. The number of halogens is 3. The lowest BCUT2D eigenvalue weighted by Crippen LogP contribution is -2.37. The molecule has 1 amide bonds. The highest BCUT2D eigenvalue weighted by molar-refractivity contribution is 5.96. The van der Waals surface area contributed by atoms with E-state index in [1.807, 2.05) is 44.2 Å². The minimum absolute atomic E-state index is 0.109. The normalized spacial score (nSPS) is 11.7. The van der Waals surface area contributed by atoms with E-state index < -0.39 is 18.1 Å². The monoisotopic (exact) mass is 672 g/mol. The molecule has 2 aromatic heterocycles. The number of esters is 1. The van der Waals surface area contributed by atoms with E-state index in [9.17, 15) is 27.6 Å². The number of aliphatic carboxylic acids is 1.